The topological polar surface area (TPSA) is 88.4 Å². The van der Waals surface area contributed by atoms with Crippen molar-refractivity contribution in [2.75, 3.05) is 13.2 Å². The lowest BCUT2D eigenvalue weighted by molar-refractivity contribution is -0.139. The molecule has 1 aliphatic rings. The van der Waals surface area contributed by atoms with Crippen molar-refractivity contribution in [1.29, 1.82) is 0 Å². The van der Waals surface area contributed by atoms with Crippen LogP contribution in [0, 0.1) is 0 Å². The van der Waals surface area contributed by atoms with Gasteiger partial charge in [-0.2, -0.15) is 0 Å². The van der Waals surface area contributed by atoms with Gasteiger partial charge < -0.3 is 18.9 Å². The van der Waals surface area contributed by atoms with Crippen molar-refractivity contribution in [1.82, 2.24) is 4.57 Å². The summed E-state index contributed by atoms with van der Waals surface area (Å²) in [4.78, 5) is 32.7. The summed E-state index contributed by atoms with van der Waals surface area (Å²) in [7, 11) is 0. The summed E-state index contributed by atoms with van der Waals surface area (Å²) < 4.78 is 26.4. The first-order valence-corrected chi connectivity index (χ1v) is 16.4. The van der Waals surface area contributed by atoms with Gasteiger partial charge in [0, 0.05) is 5.56 Å². The second kappa shape index (κ2) is 14.3. The number of para-hydroxylation sites is 1. The Morgan fingerprint density at radius 3 is 2.47 bits per heavy atom. The zero-order valence-electron chi connectivity index (χ0n) is 25.8. The lowest BCUT2D eigenvalue weighted by Crippen LogP contribution is -2.40. The molecule has 0 amide bonds. The Kier molecular flexibility index (Phi) is 10.2. The minimum absolute atomic E-state index is 0.115. The van der Waals surface area contributed by atoms with E-state index < -0.39 is 12.0 Å². The number of benzene rings is 3. The van der Waals surface area contributed by atoms with Crippen molar-refractivity contribution in [3.63, 3.8) is 0 Å². The normalized spacial score (nSPS) is 14.6. The van der Waals surface area contributed by atoms with Gasteiger partial charge in [0.1, 0.15) is 18.4 Å². The average molecular weight is 692 g/mol. The van der Waals surface area contributed by atoms with Crippen LogP contribution < -0.4 is 29.1 Å². The molecule has 0 aliphatic carbocycles. The number of halogens is 1. The third kappa shape index (κ3) is 7.07. The van der Waals surface area contributed by atoms with Crippen molar-refractivity contribution < 1.29 is 23.7 Å². The summed E-state index contributed by atoms with van der Waals surface area (Å²) in [5, 5.41) is 0. The molecule has 1 aromatic heterocycles. The summed E-state index contributed by atoms with van der Waals surface area (Å²) in [6, 6.07) is 20.3. The number of fused-ring (bicyclic) bond motifs is 1. The van der Waals surface area contributed by atoms with Crippen LogP contribution in [0.15, 0.2) is 92.3 Å². The third-order valence-electron chi connectivity index (χ3n) is 6.95. The van der Waals surface area contributed by atoms with Gasteiger partial charge in [0.25, 0.3) is 5.56 Å². The predicted octanol–water partition coefficient (Wildman–Crippen LogP) is 6.33. The molecule has 8 nitrogen and oxygen atoms in total. The van der Waals surface area contributed by atoms with Crippen molar-refractivity contribution >= 4 is 39.3 Å². The van der Waals surface area contributed by atoms with E-state index in [0.29, 0.717) is 61.1 Å². The van der Waals surface area contributed by atoms with Crippen molar-refractivity contribution in [3.05, 3.63) is 119 Å². The highest BCUT2D eigenvalue weighted by Gasteiger charge is 2.35. The van der Waals surface area contributed by atoms with E-state index in [1.165, 1.54) is 11.3 Å². The number of hydrogen-bond donors (Lipinski definition) is 0. The number of ether oxygens (including phenoxy) is 4. The Morgan fingerprint density at radius 2 is 1.76 bits per heavy atom. The average Bonchev–Trinajstić information content (AvgIpc) is 3.30. The van der Waals surface area contributed by atoms with E-state index in [2.05, 4.69) is 15.9 Å². The Bertz CT molecular complexity index is 1910. The molecular formula is C35H35BrN2O6S. The van der Waals surface area contributed by atoms with Gasteiger partial charge in [-0.25, -0.2) is 9.79 Å². The number of thiazole rings is 1. The summed E-state index contributed by atoms with van der Waals surface area (Å²) in [6.45, 7) is 10.3. The van der Waals surface area contributed by atoms with Gasteiger partial charge in [-0.15, -0.1) is 0 Å². The Hall–Kier alpha value is -4.15. The number of hydrogen-bond acceptors (Lipinski definition) is 8. The Morgan fingerprint density at radius 1 is 1.02 bits per heavy atom. The number of nitrogens with zero attached hydrogens (tertiary/aromatic N) is 2. The Balaban J connectivity index is 1.62. The molecule has 234 valence electrons. The first kappa shape index (κ1) is 32.2. The van der Waals surface area contributed by atoms with Crippen LogP contribution in [0.25, 0.3) is 6.08 Å². The first-order chi connectivity index (χ1) is 21.7. The molecule has 10 heteroatoms. The van der Waals surface area contributed by atoms with Crippen LogP contribution in [-0.2, 0) is 16.1 Å². The van der Waals surface area contributed by atoms with Gasteiger partial charge in [-0.05, 0) is 86.0 Å². The summed E-state index contributed by atoms with van der Waals surface area (Å²) in [6.07, 6.45) is 1.69. The van der Waals surface area contributed by atoms with Crippen molar-refractivity contribution in [3.8, 4) is 17.2 Å². The minimum Gasteiger partial charge on any atom is -0.491 e. The van der Waals surface area contributed by atoms with Gasteiger partial charge >= 0.3 is 5.97 Å². The molecule has 0 saturated heterocycles. The van der Waals surface area contributed by atoms with Gasteiger partial charge in [-0.1, -0.05) is 59.9 Å². The monoisotopic (exact) mass is 690 g/mol. The smallest absolute Gasteiger partial charge is 0.338 e. The third-order valence-corrected chi connectivity index (χ3v) is 8.52. The number of rotatable bonds is 11. The zero-order valence-corrected chi connectivity index (χ0v) is 28.2. The van der Waals surface area contributed by atoms with Crippen LogP contribution in [-0.4, -0.2) is 29.9 Å². The van der Waals surface area contributed by atoms with Crippen LogP contribution in [0.3, 0.4) is 0 Å². The lowest BCUT2D eigenvalue weighted by atomic mass is 9.95. The number of carbonyl (C=O) groups is 1. The highest BCUT2D eigenvalue weighted by Crippen LogP contribution is 2.38. The van der Waals surface area contributed by atoms with Gasteiger partial charge in [0.05, 0.1) is 39.6 Å². The predicted molar refractivity (Wildman–Crippen MR) is 179 cm³/mol. The molecule has 45 heavy (non-hydrogen) atoms. The number of aromatic nitrogens is 1. The molecule has 4 aromatic rings. The maximum Gasteiger partial charge on any atom is 0.338 e. The quantitative estimate of drug-likeness (QED) is 0.171. The number of carbonyl (C=O) groups excluding carboxylic acids is 1. The molecule has 0 unspecified atom stereocenters. The first-order valence-electron chi connectivity index (χ1n) is 14.8. The van der Waals surface area contributed by atoms with Gasteiger partial charge in [0.2, 0.25) is 0 Å². The SMILES string of the molecule is CCOC(=O)C1=C(C)N=c2s/c(=C/c3cc(Br)c(OCc4ccccc4)c(OCC)c3)c(=O)n2[C@@H]1c1ccccc1OC(C)C. The summed E-state index contributed by atoms with van der Waals surface area (Å²) in [5.74, 6) is 1.20. The molecule has 0 N–H and O–H groups in total. The summed E-state index contributed by atoms with van der Waals surface area (Å²) >= 11 is 4.91. The maximum absolute atomic E-state index is 14.2. The van der Waals surface area contributed by atoms with E-state index in [1.807, 2.05) is 87.5 Å². The molecule has 0 fully saturated rings. The van der Waals surface area contributed by atoms with Gasteiger partial charge in [-0.3, -0.25) is 9.36 Å². The number of allylic oxidation sites excluding steroid dienone is 1. The second-order valence-corrected chi connectivity index (χ2v) is 12.4. The molecule has 2 heterocycles. The second-order valence-electron chi connectivity index (χ2n) is 10.5. The fraction of sp³-hybridized carbons (Fsp3) is 0.286. The molecule has 0 radical (unpaired) electrons. The van der Waals surface area contributed by atoms with E-state index in [0.717, 1.165) is 11.1 Å². The Labute approximate surface area is 274 Å². The van der Waals surface area contributed by atoms with Crippen LogP contribution in [0.2, 0.25) is 0 Å². The van der Waals surface area contributed by atoms with Crippen LogP contribution in [0.4, 0.5) is 0 Å². The lowest BCUT2D eigenvalue weighted by Gasteiger charge is -2.26. The molecule has 3 aromatic carbocycles. The van der Waals surface area contributed by atoms with Crippen molar-refractivity contribution in [2.45, 2.75) is 53.4 Å². The zero-order chi connectivity index (χ0) is 32.1. The molecule has 5 rings (SSSR count). The highest BCUT2D eigenvalue weighted by atomic mass is 79.9. The summed E-state index contributed by atoms with van der Waals surface area (Å²) in [5.41, 5.74) is 2.96. The van der Waals surface area contributed by atoms with E-state index >= 15 is 0 Å². The largest absolute Gasteiger partial charge is 0.491 e. The molecule has 0 saturated carbocycles. The molecule has 0 bridgehead atoms. The maximum atomic E-state index is 14.2. The molecule has 0 spiro atoms. The van der Waals surface area contributed by atoms with Gasteiger partial charge in [0.15, 0.2) is 16.3 Å². The highest BCUT2D eigenvalue weighted by molar-refractivity contribution is 9.10. The van der Waals surface area contributed by atoms with Crippen LogP contribution in [0.1, 0.15) is 57.4 Å². The molecular weight excluding hydrogens is 656 g/mol. The van der Waals surface area contributed by atoms with E-state index in [-0.39, 0.29) is 18.3 Å². The van der Waals surface area contributed by atoms with E-state index in [9.17, 15) is 9.59 Å². The minimum atomic E-state index is -0.781. The fourth-order valence-corrected chi connectivity index (χ4v) is 6.73. The van der Waals surface area contributed by atoms with E-state index in [4.69, 9.17) is 23.9 Å². The van der Waals surface area contributed by atoms with Crippen LogP contribution in [0.5, 0.6) is 17.2 Å². The van der Waals surface area contributed by atoms with E-state index in [1.54, 1.807) is 24.5 Å². The molecule has 1 atom stereocenters. The number of esters is 1. The fourth-order valence-electron chi connectivity index (χ4n) is 5.11. The van der Waals surface area contributed by atoms with Crippen molar-refractivity contribution in [2.24, 2.45) is 4.99 Å². The van der Waals surface area contributed by atoms with Crippen LogP contribution >= 0.6 is 27.3 Å². The molecule has 1 aliphatic heterocycles. The standard InChI is InChI=1S/C35H35BrN2O6S/c1-6-41-28-18-24(17-26(36)32(28)43-20-23-13-9-8-10-14-23)19-29-33(39)38-31(25-15-11-12-16-27(25)44-21(3)4)30(34(40)42-7-2)22(5)37-35(38)45-29/h8-19,21,31H,6-7,20H2,1-5H3/b29-19+/t31-/m1/s1.